The molecule has 1 saturated heterocycles. The van der Waals surface area contributed by atoms with E-state index < -0.39 is 0 Å². The van der Waals surface area contributed by atoms with Crippen LogP contribution in [0.15, 0.2) is 59.7 Å². The minimum absolute atomic E-state index is 0.279. The van der Waals surface area contributed by atoms with E-state index in [2.05, 4.69) is 35.4 Å². The van der Waals surface area contributed by atoms with Crippen LogP contribution in [0.25, 0.3) is 33.7 Å². The van der Waals surface area contributed by atoms with Gasteiger partial charge in [-0.15, -0.1) is 10.2 Å². The van der Waals surface area contributed by atoms with Crippen molar-refractivity contribution in [1.82, 2.24) is 30.1 Å². The first kappa shape index (κ1) is 21.9. The fraction of sp³-hybridized carbons (Fsp3) is 0.200. The maximum atomic E-state index is 13.0. The normalized spacial score (nSPS) is 13.8. The quantitative estimate of drug-likeness (QED) is 0.386. The Morgan fingerprint density at radius 2 is 2.03 bits per heavy atom. The summed E-state index contributed by atoms with van der Waals surface area (Å²) in [5, 5.41) is 10.5. The molecule has 11 nitrogen and oxygen atoms in total. The van der Waals surface area contributed by atoms with Crippen LogP contribution in [0.3, 0.4) is 0 Å². The second-order valence-corrected chi connectivity index (χ2v) is 8.37. The summed E-state index contributed by atoms with van der Waals surface area (Å²) in [4.78, 5) is 32.4. The molecule has 1 aliphatic rings. The molecular weight excluding hydrogens is 460 g/mol. The number of pyridine rings is 2. The molecule has 6 rings (SSSR count). The van der Waals surface area contributed by atoms with Crippen molar-refractivity contribution in [1.29, 1.82) is 0 Å². The lowest BCUT2D eigenvalue weighted by Gasteiger charge is -2.28. The van der Waals surface area contributed by atoms with Crippen molar-refractivity contribution >= 4 is 28.4 Å². The van der Waals surface area contributed by atoms with E-state index in [0.29, 0.717) is 35.9 Å². The molecule has 0 atom stereocenters. The third kappa shape index (κ3) is 4.16. The number of aromatic nitrogens is 6. The van der Waals surface area contributed by atoms with Gasteiger partial charge in [-0.2, -0.15) is 0 Å². The number of carbonyl (C=O) groups is 1. The van der Waals surface area contributed by atoms with Gasteiger partial charge in [0.25, 0.3) is 5.91 Å². The Bertz CT molecular complexity index is 1540. The number of fused-ring (bicyclic) bond motifs is 1. The molecule has 0 radical (unpaired) electrons. The Morgan fingerprint density at radius 1 is 1.14 bits per heavy atom. The van der Waals surface area contributed by atoms with Crippen LogP contribution in [0, 0.1) is 6.92 Å². The van der Waals surface area contributed by atoms with Crippen molar-refractivity contribution in [2.75, 3.05) is 36.5 Å². The minimum Gasteiger partial charge on any atom is -0.423 e. The lowest BCUT2D eigenvalue weighted by atomic mass is 10.1. The number of hydrogen-bond acceptors (Lipinski definition) is 9. The van der Waals surface area contributed by atoms with Gasteiger partial charge in [-0.1, -0.05) is 6.07 Å². The van der Waals surface area contributed by atoms with Crippen LogP contribution >= 0.6 is 0 Å². The Labute approximate surface area is 205 Å². The average molecular weight is 483 g/mol. The maximum Gasteiger partial charge on any atom is 0.255 e. The van der Waals surface area contributed by atoms with Gasteiger partial charge in [0, 0.05) is 35.5 Å². The highest BCUT2D eigenvalue weighted by molar-refractivity contribution is 6.05. The van der Waals surface area contributed by atoms with Crippen LogP contribution in [0.1, 0.15) is 16.1 Å². The third-order valence-electron chi connectivity index (χ3n) is 6.05. The fourth-order valence-electron chi connectivity index (χ4n) is 4.22. The molecule has 0 unspecified atom stereocenters. The van der Waals surface area contributed by atoms with E-state index in [0.717, 1.165) is 46.9 Å². The summed E-state index contributed by atoms with van der Waals surface area (Å²) in [7, 11) is 0. The molecule has 1 aromatic carbocycles. The lowest BCUT2D eigenvalue weighted by Crippen LogP contribution is -2.37. The van der Waals surface area contributed by atoms with Crippen molar-refractivity contribution in [3.63, 3.8) is 0 Å². The zero-order chi connectivity index (χ0) is 24.5. The predicted octanol–water partition coefficient (Wildman–Crippen LogP) is 3.47. The number of amides is 1. The summed E-state index contributed by atoms with van der Waals surface area (Å²) >= 11 is 0. The van der Waals surface area contributed by atoms with Gasteiger partial charge in [-0.3, -0.25) is 9.78 Å². The highest BCUT2D eigenvalue weighted by Gasteiger charge is 2.20. The number of benzene rings is 1. The van der Waals surface area contributed by atoms with Crippen molar-refractivity contribution in [2.45, 2.75) is 6.92 Å². The Balaban J connectivity index is 1.32. The molecule has 1 aliphatic heterocycles. The highest BCUT2D eigenvalue weighted by atomic mass is 16.5. The zero-order valence-electron chi connectivity index (χ0n) is 19.4. The number of ether oxygens (including phenoxy) is 1. The molecule has 0 spiro atoms. The molecule has 11 heteroatoms. The molecule has 4 aromatic heterocycles. The summed E-state index contributed by atoms with van der Waals surface area (Å²) in [6.07, 6.45) is 4.56. The van der Waals surface area contributed by atoms with Crippen molar-refractivity contribution in [2.24, 2.45) is 0 Å². The van der Waals surface area contributed by atoms with Crippen LogP contribution in [0.5, 0.6) is 0 Å². The lowest BCUT2D eigenvalue weighted by molar-refractivity contribution is 0.102. The van der Waals surface area contributed by atoms with Crippen LogP contribution < -0.4 is 10.2 Å². The number of aromatic amines is 1. The molecule has 5 aromatic rings. The van der Waals surface area contributed by atoms with Gasteiger partial charge < -0.3 is 24.4 Å². The fourth-order valence-corrected chi connectivity index (χ4v) is 4.22. The van der Waals surface area contributed by atoms with Gasteiger partial charge >= 0.3 is 0 Å². The molecule has 0 bridgehead atoms. The van der Waals surface area contributed by atoms with Crippen molar-refractivity contribution in [3.05, 3.63) is 66.6 Å². The molecule has 2 N–H and O–H groups in total. The number of H-pyrrole nitrogens is 1. The van der Waals surface area contributed by atoms with Crippen LogP contribution in [-0.2, 0) is 4.74 Å². The minimum atomic E-state index is -0.279. The van der Waals surface area contributed by atoms with Crippen molar-refractivity contribution < 1.29 is 13.9 Å². The largest absolute Gasteiger partial charge is 0.423 e. The molecular formula is C25H22N8O3. The number of nitrogens with zero attached hydrogens (tertiary/aromatic N) is 6. The van der Waals surface area contributed by atoms with Gasteiger partial charge in [0.2, 0.25) is 12.3 Å². The molecule has 5 heterocycles. The molecule has 1 fully saturated rings. The molecule has 0 saturated carbocycles. The number of rotatable bonds is 5. The highest BCUT2D eigenvalue weighted by Crippen LogP contribution is 2.31. The number of carbonyl (C=O) groups excluding carboxylic acids is 1. The molecule has 180 valence electrons. The van der Waals surface area contributed by atoms with E-state index in [9.17, 15) is 4.79 Å². The van der Waals surface area contributed by atoms with E-state index in [1.165, 1.54) is 6.39 Å². The van der Waals surface area contributed by atoms with Gasteiger partial charge in [0.15, 0.2) is 5.82 Å². The van der Waals surface area contributed by atoms with E-state index in [-0.39, 0.29) is 5.91 Å². The Morgan fingerprint density at radius 3 is 2.86 bits per heavy atom. The number of hydrogen-bond donors (Lipinski definition) is 2. The van der Waals surface area contributed by atoms with Crippen LogP contribution in [0.2, 0.25) is 0 Å². The summed E-state index contributed by atoms with van der Waals surface area (Å²) in [6, 6.07) is 10.8. The molecule has 0 aliphatic carbocycles. The van der Waals surface area contributed by atoms with Crippen LogP contribution in [0.4, 0.5) is 11.5 Å². The number of anilines is 2. The Hall–Kier alpha value is -4.64. The van der Waals surface area contributed by atoms with Crippen LogP contribution in [-0.4, -0.2) is 62.3 Å². The zero-order valence-corrected chi connectivity index (χ0v) is 19.4. The second-order valence-electron chi connectivity index (χ2n) is 8.37. The first-order chi connectivity index (χ1) is 17.7. The van der Waals surface area contributed by atoms with E-state index >= 15 is 0 Å². The molecule has 1 amide bonds. The van der Waals surface area contributed by atoms with Gasteiger partial charge in [-0.05, 0) is 37.3 Å². The maximum absolute atomic E-state index is 13.0. The summed E-state index contributed by atoms with van der Waals surface area (Å²) in [5.41, 5.74) is 5.74. The number of aryl methyl sites for hydroxylation is 1. The predicted molar refractivity (Wildman–Crippen MR) is 133 cm³/mol. The van der Waals surface area contributed by atoms with Gasteiger partial charge in [0.1, 0.15) is 5.52 Å². The number of nitrogens with one attached hydrogen (secondary N) is 2. The smallest absolute Gasteiger partial charge is 0.255 e. The standard InChI is InChI=1S/C25H22N8O3/c1-15-19(20-11-21-22(28-13-27-21)23(31-20)33-5-7-35-8-6-33)10-18(12-26-15)30-24(34)16-3-2-4-17(9-16)25-32-29-14-36-25/h2-4,9-14H,5-8H2,1H3,(H,27,28)(H,30,34). The third-order valence-corrected chi connectivity index (χ3v) is 6.05. The summed E-state index contributed by atoms with van der Waals surface area (Å²) in [5.74, 6) is 0.873. The summed E-state index contributed by atoms with van der Waals surface area (Å²) in [6.45, 7) is 4.70. The average Bonchev–Trinajstić information content (AvgIpc) is 3.62. The molecule has 36 heavy (non-hydrogen) atoms. The monoisotopic (exact) mass is 482 g/mol. The topological polar surface area (TPSA) is 135 Å². The van der Waals surface area contributed by atoms with Gasteiger partial charge in [0.05, 0.1) is 42.6 Å². The second kappa shape index (κ2) is 9.19. The first-order valence-corrected chi connectivity index (χ1v) is 11.5. The SMILES string of the molecule is Cc1ncc(NC(=O)c2cccc(-c3nnco3)c2)cc1-c1cc2[nH]cnc2c(N2CCOCC2)n1. The summed E-state index contributed by atoms with van der Waals surface area (Å²) < 4.78 is 10.7. The Kier molecular flexibility index (Phi) is 5.58. The van der Waals surface area contributed by atoms with E-state index in [1.54, 1.807) is 36.8 Å². The van der Waals surface area contributed by atoms with Crippen molar-refractivity contribution in [3.8, 4) is 22.7 Å². The number of morpholine rings is 1. The van der Waals surface area contributed by atoms with E-state index in [1.807, 2.05) is 19.1 Å². The van der Waals surface area contributed by atoms with Gasteiger partial charge in [-0.25, -0.2) is 9.97 Å². The number of imidazole rings is 1. The first-order valence-electron chi connectivity index (χ1n) is 11.5. The van der Waals surface area contributed by atoms with E-state index in [4.69, 9.17) is 14.1 Å².